The molecule has 1 nitrogen and oxygen atoms in total. The van der Waals surface area contributed by atoms with Gasteiger partial charge in [-0.3, -0.25) is 0 Å². The van der Waals surface area contributed by atoms with Crippen LogP contribution < -0.4 is 0 Å². The average molecular weight is 545 g/mol. The second-order valence-corrected chi connectivity index (χ2v) is 22.4. The van der Waals surface area contributed by atoms with Crippen molar-refractivity contribution in [3.8, 4) is 0 Å². The van der Waals surface area contributed by atoms with Crippen molar-refractivity contribution in [1.29, 1.82) is 0 Å². The van der Waals surface area contributed by atoms with Crippen LogP contribution in [-0.2, 0) is 4.43 Å². The van der Waals surface area contributed by atoms with E-state index in [1.165, 1.54) is 70.6 Å². The maximum atomic E-state index is 6.53. The molecular formula is C36H68OSi. The first kappa shape index (κ1) is 31.1. The van der Waals surface area contributed by atoms with Gasteiger partial charge in [0.05, 0.1) is 0 Å². The fourth-order valence-electron chi connectivity index (χ4n) is 10.5. The van der Waals surface area contributed by atoms with Crippen LogP contribution in [0.3, 0.4) is 0 Å². The lowest BCUT2D eigenvalue weighted by Gasteiger charge is -2.61. The molecule has 0 N–H and O–H groups in total. The Morgan fingerprint density at radius 3 is 2.18 bits per heavy atom. The van der Waals surface area contributed by atoms with E-state index < -0.39 is 8.32 Å². The molecule has 4 saturated carbocycles. The minimum Gasteiger partial charge on any atom is -0.417 e. The van der Waals surface area contributed by atoms with Crippen molar-refractivity contribution in [3.05, 3.63) is 0 Å². The maximum Gasteiger partial charge on any atom is 0.191 e. The number of rotatable bonds is 10. The van der Waals surface area contributed by atoms with E-state index in [1.54, 1.807) is 19.3 Å². The van der Waals surface area contributed by atoms with E-state index in [-0.39, 0.29) is 0 Å². The number of hydrogen-bond acceptors (Lipinski definition) is 1. The third-order valence-corrected chi connectivity index (χ3v) is 18.5. The summed E-state index contributed by atoms with van der Waals surface area (Å²) in [5, 5.41) is 0.333. The summed E-state index contributed by atoms with van der Waals surface area (Å²) >= 11 is 0. The van der Waals surface area contributed by atoms with Crippen molar-refractivity contribution in [2.75, 3.05) is 6.61 Å². The van der Waals surface area contributed by atoms with Gasteiger partial charge in [-0.05, 0) is 147 Å². The Morgan fingerprint density at radius 1 is 0.816 bits per heavy atom. The number of hydrogen-bond donors (Lipinski definition) is 0. The summed E-state index contributed by atoms with van der Waals surface area (Å²) in [4.78, 5) is 0. The molecule has 0 aromatic heterocycles. The molecule has 4 aliphatic rings. The molecule has 0 heterocycles. The second kappa shape index (κ2) is 11.8. The molecule has 2 heteroatoms. The third-order valence-electron chi connectivity index (χ3n) is 14.0. The topological polar surface area (TPSA) is 9.23 Å². The van der Waals surface area contributed by atoms with Gasteiger partial charge in [-0.1, -0.05) is 74.7 Å². The predicted octanol–water partition coefficient (Wildman–Crippen LogP) is 11.5. The molecule has 0 bridgehead atoms. The lowest BCUT2D eigenvalue weighted by atomic mass is 9.44. The highest BCUT2D eigenvalue weighted by Crippen LogP contribution is 2.68. The molecule has 0 saturated heterocycles. The second-order valence-electron chi connectivity index (χ2n) is 17.6. The molecule has 4 aliphatic carbocycles. The summed E-state index contributed by atoms with van der Waals surface area (Å²) in [6, 6.07) is 0. The molecule has 0 aromatic carbocycles. The molecule has 4 fully saturated rings. The summed E-state index contributed by atoms with van der Waals surface area (Å²) in [6.07, 6.45) is 20.8. The molecule has 4 rings (SSSR count). The van der Waals surface area contributed by atoms with Crippen molar-refractivity contribution >= 4 is 8.32 Å². The highest BCUT2D eigenvalue weighted by Gasteiger charge is 2.60. The van der Waals surface area contributed by atoms with E-state index in [0.717, 1.165) is 54.0 Å². The molecule has 0 radical (unpaired) electrons. The SMILES string of the molecule is CC(C)CCC[C@@H](C)[C@H]1CC[C@H]2[C@@H]3CC[C@H]4C[C@@H](CCCO[Si](C)(C)C(C)(C)C)CC[C@]4(C)[C@H]3CC[C@]12C. The first-order valence-electron chi connectivity index (χ1n) is 17.3. The zero-order valence-electron chi connectivity index (χ0n) is 27.6. The lowest BCUT2D eigenvalue weighted by Crippen LogP contribution is -2.53. The van der Waals surface area contributed by atoms with Crippen LogP contribution in [0.2, 0.25) is 18.1 Å². The highest BCUT2D eigenvalue weighted by atomic mass is 28.4. The molecule has 0 aromatic rings. The number of fused-ring (bicyclic) bond motifs is 5. The molecule has 38 heavy (non-hydrogen) atoms. The predicted molar refractivity (Wildman–Crippen MR) is 169 cm³/mol. The van der Waals surface area contributed by atoms with E-state index in [4.69, 9.17) is 4.43 Å². The Morgan fingerprint density at radius 2 is 1.50 bits per heavy atom. The lowest BCUT2D eigenvalue weighted by molar-refractivity contribution is -0.121. The molecular weight excluding hydrogens is 476 g/mol. The van der Waals surface area contributed by atoms with Gasteiger partial charge in [0.25, 0.3) is 0 Å². The van der Waals surface area contributed by atoms with E-state index in [2.05, 4.69) is 68.5 Å². The van der Waals surface area contributed by atoms with Gasteiger partial charge in [0, 0.05) is 6.61 Å². The Balaban J connectivity index is 1.31. The Kier molecular flexibility index (Phi) is 9.67. The standard InChI is InChI=1S/C36H68OSi/c1-26(2)13-11-14-27(3)31-18-19-32-30-17-16-29-25-28(15-12-24-37-38(9,10)34(4,5)6)20-22-35(29,7)33(30)21-23-36(31,32)8/h26-33H,11-25H2,1-10H3/t27-,28+,29+,30+,31-,32+,33+,35+,36-/m1/s1. The van der Waals surface area contributed by atoms with Gasteiger partial charge < -0.3 is 4.43 Å². The normalized spacial score (nSPS) is 40.5. The first-order valence-corrected chi connectivity index (χ1v) is 20.2. The van der Waals surface area contributed by atoms with Crippen molar-refractivity contribution in [2.24, 2.45) is 58.2 Å². The van der Waals surface area contributed by atoms with Crippen LogP contribution in [0.15, 0.2) is 0 Å². The molecule has 0 unspecified atom stereocenters. The summed E-state index contributed by atoms with van der Waals surface area (Å²) in [6.45, 7) is 25.9. The zero-order valence-corrected chi connectivity index (χ0v) is 28.6. The van der Waals surface area contributed by atoms with Gasteiger partial charge in [0.2, 0.25) is 0 Å². The fraction of sp³-hybridized carbons (Fsp3) is 1.00. The molecule has 0 amide bonds. The maximum absolute atomic E-state index is 6.53. The van der Waals surface area contributed by atoms with Crippen LogP contribution in [0.1, 0.15) is 145 Å². The van der Waals surface area contributed by atoms with Gasteiger partial charge in [0.1, 0.15) is 0 Å². The average Bonchev–Trinajstić information content (AvgIpc) is 3.18. The summed E-state index contributed by atoms with van der Waals surface area (Å²) < 4.78 is 6.53. The third kappa shape index (κ3) is 6.17. The molecule has 222 valence electrons. The molecule has 0 aliphatic heterocycles. The zero-order chi connectivity index (χ0) is 27.9. The minimum atomic E-state index is -1.59. The molecule has 0 spiro atoms. The van der Waals surface area contributed by atoms with Crippen LogP contribution in [0, 0.1) is 58.2 Å². The van der Waals surface area contributed by atoms with Crippen LogP contribution in [0.4, 0.5) is 0 Å². The van der Waals surface area contributed by atoms with Crippen molar-refractivity contribution in [2.45, 2.75) is 163 Å². The van der Waals surface area contributed by atoms with Crippen molar-refractivity contribution < 1.29 is 4.43 Å². The summed E-state index contributed by atoms with van der Waals surface area (Å²) in [7, 11) is -1.59. The fourth-order valence-corrected chi connectivity index (χ4v) is 11.6. The summed E-state index contributed by atoms with van der Waals surface area (Å²) in [5.74, 6) is 7.85. The largest absolute Gasteiger partial charge is 0.417 e. The van der Waals surface area contributed by atoms with Gasteiger partial charge in [-0.2, -0.15) is 0 Å². The van der Waals surface area contributed by atoms with Crippen LogP contribution in [-0.4, -0.2) is 14.9 Å². The van der Waals surface area contributed by atoms with Gasteiger partial charge in [-0.15, -0.1) is 0 Å². The Labute approximate surface area is 240 Å². The molecule has 9 atom stereocenters. The quantitative estimate of drug-likeness (QED) is 0.196. The van der Waals surface area contributed by atoms with Crippen LogP contribution in [0.25, 0.3) is 0 Å². The Hall–Kier alpha value is 0.177. The van der Waals surface area contributed by atoms with E-state index in [9.17, 15) is 0 Å². The van der Waals surface area contributed by atoms with Gasteiger partial charge >= 0.3 is 0 Å². The smallest absolute Gasteiger partial charge is 0.191 e. The van der Waals surface area contributed by atoms with Crippen LogP contribution in [0.5, 0.6) is 0 Å². The minimum absolute atomic E-state index is 0.333. The van der Waals surface area contributed by atoms with Gasteiger partial charge in [0.15, 0.2) is 8.32 Å². The first-order chi connectivity index (χ1) is 17.7. The summed E-state index contributed by atoms with van der Waals surface area (Å²) in [5.41, 5.74) is 1.28. The van der Waals surface area contributed by atoms with Crippen molar-refractivity contribution in [1.82, 2.24) is 0 Å². The highest BCUT2D eigenvalue weighted by molar-refractivity contribution is 6.74. The van der Waals surface area contributed by atoms with Crippen molar-refractivity contribution in [3.63, 3.8) is 0 Å². The van der Waals surface area contributed by atoms with E-state index in [0.29, 0.717) is 15.9 Å². The monoisotopic (exact) mass is 545 g/mol. The van der Waals surface area contributed by atoms with E-state index in [1.807, 2.05) is 0 Å². The van der Waals surface area contributed by atoms with E-state index >= 15 is 0 Å². The Bertz CT molecular complexity index is 766. The van der Waals surface area contributed by atoms with Gasteiger partial charge in [-0.25, -0.2) is 0 Å². The van der Waals surface area contributed by atoms with Crippen LogP contribution >= 0.6 is 0 Å².